The summed E-state index contributed by atoms with van der Waals surface area (Å²) in [4.78, 5) is -0.923. The molecule has 0 aliphatic carbocycles. The highest BCUT2D eigenvalue weighted by Gasteiger charge is 2.23. The van der Waals surface area contributed by atoms with E-state index in [9.17, 15) is 21.6 Å². The van der Waals surface area contributed by atoms with Gasteiger partial charge in [-0.2, -0.15) is 0 Å². The first-order valence-electron chi connectivity index (χ1n) is 5.73. The molecule has 1 aromatic rings. The van der Waals surface area contributed by atoms with Gasteiger partial charge < -0.3 is 10.1 Å². The van der Waals surface area contributed by atoms with Crippen molar-refractivity contribution in [2.75, 3.05) is 33.4 Å². The van der Waals surface area contributed by atoms with E-state index in [2.05, 4.69) is 10.0 Å². The number of nitrogens with one attached hydrogen (secondary N) is 2. The Morgan fingerprint density at radius 3 is 2.45 bits per heavy atom. The first kappa shape index (κ1) is 16.9. The normalized spacial score (nSPS) is 11.8. The molecule has 0 unspecified atom stereocenters. The maximum absolute atomic E-state index is 13.4. The van der Waals surface area contributed by atoms with Crippen LogP contribution in [0, 0.1) is 17.5 Å². The molecule has 0 aliphatic heterocycles. The van der Waals surface area contributed by atoms with Crippen LogP contribution in [0.4, 0.5) is 13.2 Å². The zero-order valence-electron chi connectivity index (χ0n) is 10.8. The third-order valence-corrected chi connectivity index (χ3v) is 3.84. The smallest absolute Gasteiger partial charge is 0.243 e. The third-order valence-electron chi connectivity index (χ3n) is 2.37. The Kier molecular flexibility index (Phi) is 6.40. The number of methoxy groups -OCH3 is 1. The molecule has 0 amide bonds. The summed E-state index contributed by atoms with van der Waals surface area (Å²) < 4.78 is 69.3. The van der Waals surface area contributed by atoms with Crippen LogP contribution in [0.25, 0.3) is 0 Å². The molecule has 0 saturated carbocycles. The molecule has 0 atom stereocenters. The lowest BCUT2D eigenvalue weighted by molar-refractivity contribution is 0.199. The molecule has 0 spiro atoms. The SMILES string of the molecule is COCCNCCNS(=O)(=O)c1ccc(F)c(F)c1F. The zero-order valence-corrected chi connectivity index (χ0v) is 11.6. The van der Waals surface area contributed by atoms with E-state index >= 15 is 0 Å². The Morgan fingerprint density at radius 1 is 1.10 bits per heavy atom. The molecule has 0 aliphatic rings. The Hall–Kier alpha value is -1.16. The Balaban J connectivity index is 2.63. The Bertz CT molecular complexity index is 552. The second-order valence-corrected chi connectivity index (χ2v) is 5.55. The lowest BCUT2D eigenvalue weighted by atomic mass is 10.3. The van der Waals surface area contributed by atoms with Crippen LogP contribution >= 0.6 is 0 Å². The minimum absolute atomic E-state index is 0.0233. The van der Waals surface area contributed by atoms with Crippen molar-refractivity contribution in [2.45, 2.75) is 4.90 Å². The molecule has 0 radical (unpaired) electrons. The van der Waals surface area contributed by atoms with Gasteiger partial charge in [-0.3, -0.25) is 0 Å². The summed E-state index contributed by atoms with van der Waals surface area (Å²) in [6.07, 6.45) is 0. The molecule has 0 heterocycles. The summed E-state index contributed by atoms with van der Waals surface area (Å²) in [6, 6.07) is 1.23. The number of rotatable bonds is 8. The fourth-order valence-corrected chi connectivity index (χ4v) is 2.47. The maximum atomic E-state index is 13.4. The number of ether oxygens (including phenoxy) is 1. The van der Waals surface area contributed by atoms with Gasteiger partial charge in [0.15, 0.2) is 17.5 Å². The predicted octanol–water partition coefficient (Wildman–Crippen LogP) is 0.618. The van der Waals surface area contributed by atoms with Crippen LogP contribution in [0.5, 0.6) is 0 Å². The monoisotopic (exact) mass is 312 g/mol. The van der Waals surface area contributed by atoms with E-state index in [1.165, 1.54) is 7.11 Å². The van der Waals surface area contributed by atoms with Crippen molar-refractivity contribution in [2.24, 2.45) is 0 Å². The van der Waals surface area contributed by atoms with Gasteiger partial charge in [-0.15, -0.1) is 0 Å². The second kappa shape index (κ2) is 7.58. The predicted molar refractivity (Wildman–Crippen MR) is 66.3 cm³/mol. The van der Waals surface area contributed by atoms with Gasteiger partial charge in [-0.05, 0) is 12.1 Å². The van der Waals surface area contributed by atoms with Crippen molar-refractivity contribution in [1.82, 2.24) is 10.0 Å². The molecule has 114 valence electrons. The van der Waals surface area contributed by atoms with Crippen molar-refractivity contribution in [3.8, 4) is 0 Å². The third kappa shape index (κ3) is 4.44. The Morgan fingerprint density at radius 2 is 1.80 bits per heavy atom. The molecule has 0 bridgehead atoms. The molecule has 9 heteroatoms. The molecule has 20 heavy (non-hydrogen) atoms. The van der Waals surface area contributed by atoms with E-state index in [0.29, 0.717) is 25.3 Å². The van der Waals surface area contributed by atoms with Gasteiger partial charge in [0, 0.05) is 26.7 Å². The minimum Gasteiger partial charge on any atom is -0.383 e. The minimum atomic E-state index is -4.23. The molecular weight excluding hydrogens is 297 g/mol. The lowest BCUT2D eigenvalue weighted by Crippen LogP contribution is -2.33. The number of hydrogen-bond acceptors (Lipinski definition) is 4. The fourth-order valence-electron chi connectivity index (χ4n) is 1.37. The van der Waals surface area contributed by atoms with Gasteiger partial charge >= 0.3 is 0 Å². The van der Waals surface area contributed by atoms with E-state index in [0.717, 1.165) is 0 Å². The molecular formula is C11H15F3N2O3S. The molecule has 1 aromatic carbocycles. The van der Waals surface area contributed by atoms with E-state index in [1.54, 1.807) is 0 Å². The van der Waals surface area contributed by atoms with Crippen molar-refractivity contribution in [3.05, 3.63) is 29.6 Å². The van der Waals surface area contributed by atoms with Gasteiger partial charge in [0.25, 0.3) is 0 Å². The summed E-state index contributed by atoms with van der Waals surface area (Å²) in [6.45, 7) is 1.25. The standard InChI is InChI=1S/C11H15F3N2O3S/c1-19-7-6-15-4-5-16-20(17,18)9-3-2-8(12)10(13)11(9)14/h2-3,15-16H,4-7H2,1H3. The molecule has 0 saturated heterocycles. The van der Waals surface area contributed by atoms with Crippen LogP contribution in [-0.2, 0) is 14.8 Å². The van der Waals surface area contributed by atoms with E-state index < -0.39 is 32.4 Å². The van der Waals surface area contributed by atoms with Crippen LogP contribution in [0.15, 0.2) is 17.0 Å². The molecule has 1 rings (SSSR count). The topological polar surface area (TPSA) is 67.4 Å². The summed E-state index contributed by atoms with van der Waals surface area (Å²) >= 11 is 0. The van der Waals surface area contributed by atoms with Crippen LogP contribution in [-0.4, -0.2) is 41.8 Å². The first-order chi connectivity index (χ1) is 9.40. The van der Waals surface area contributed by atoms with Crippen molar-refractivity contribution in [3.63, 3.8) is 0 Å². The highest BCUT2D eigenvalue weighted by molar-refractivity contribution is 7.89. The van der Waals surface area contributed by atoms with Crippen molar-refractivity contribution in [1.29, 1.82) is 0 Å². The fraction of sp³-hybridized carbons (Fsp3) is 0.455. The van der Waals surface area contributed by atoms with Gasteiger partial charge in [-0.1, -0.05) is 0 Å². The molecule has 0 fully saturated rings. The van der Waals surface area contributed by atoms with Crippen LogP contribution < -0.4 is 10.0 Å². The average molecular weight is 312 g/mol. The molecule has 2 N–H and O–H groups in total. The van der Waals surface area contributed by atoms with Gasteiger partial charge in [0.1, 0.15) is 4.90 Å². The van der Waals surface area contributed by atoms with E-state index in [4.69, 9.17) is 4.74 Å². The summed E-state index contributed by atoms with van der Waals surface area (Å²) in [5.74, 6) is -4.99. The Labute approximate surface area is 115 Å². The average Bonchev–Trinajstić information content (AvgIpc) is 2.39. The summed E-state index contributed by atoms with van der Waals surface area (Å²) in [7, 11) is -2.70. The van der Waals surface area contributed by atoms with Crippen molar-refractivity contribution < 1.29 is 26.3 Å². The van der Waals surface area contributed by atoms with Crippen LogP contribution in [0.3, 0.4) is 0 Å². The number of halogens is 3. The summed E-state index contributed by atoms with van der Waals surface area (Å²) in [5.41, 5.74) is 0. The second-order valence-electron chi connectivity index (χ2n) is 3.81. The van der Waals surface area contributed by atoms with Crippen molar-refractivity contribution >= 4 is 10.0 Å². The highest BCUT2D eigenvalue weighted by atomic mass is 32.2. The highest BCUT2D eigenvalue weighted by Crippen LogP contribution is 2.19. The van der Waals surface area contributed by atoms with Crippen LogP contribution in [0.2, 0.25) is 0 Å². The number of benzene rings is 1. The maximum Gasteiger partial charge on any atom is 0.243 e. The lowest BCUT2D eigenvalue weighted by Gasteiger charge is -2.09. The number of hydrogen-bond donors (Lipinski definition) is 2. The van der Waals surface area contributed by atoms with Gasteiger partial charge in [-0.25, -0.2) is 26.3 Å². The van der Waals surface area contributed by atoms with Gasteiger partial charge in [0.2, 0.25) is 10.0 Å². The first-order valence-corrected chi connectivity index (χ1v) is 7.21. The summed E-state index contributed by atoms with van der Waals surface area (Å²) in [5, 5.41) is 2.87. The van der Waals surface area contributed by atoms with Gasteiger partial charge in [0.05, 0.1) is 6.61 Å². The molecule has 5 nitrogen and oxygen atoms in total. The quantitative estimate of drug-likeness (QED) is 0.545. The van der Waals surface area contributed by atoms with Crippen LogP contribution in [0.1, 0.15) is 0 Å². The largest absolute Gasteiger partial charge is 0.383 e. The zero-order chi connectivity index (χ0) is 15.2. The van der Waals surface area contributed by atoms with E-state index in [1.807, 2.05) is 0 Å². The van der Waals surface area contributed by atoms with E-state index in [-0.39, 0.29) is 13.1 Å². The number of sulfonamides is 1. The molecule has 0 aromatic heterocycles.